The van der Waals surface area contributed by atoms with E-state index in [4.69, 9.17) is 4.98 Å². The third-order valence-corrected chi connectivity index (χ3v) is 5.77. The number of aromatic nitrogens is 1. The van der Waals surface area contributed by atoms with Gasteiger partial charge in [-0.1, -0.05) is 42.8 Å². The molecule has 0 spiro atoms. The lowest BCUT2D eigenvalue weighted by atomic mass is 10.3. The van der Waals surface area contributed by atoms with Crippen molar-refractivity contribution in [2.24, 2.45) is 0 Å². The molecule has 0 fully saturated rings. The number of hydrogen-bond donors (Lipinski definition) is 1. The number of thiazole rings is 1. The minimum Gasteiger partial charge on any atom is -0.310 e. The van der Waals surface area contributed by atoms with Crippen molar-refractivity contribution in [2.75, 3.05) is 0 Å². The number of aryl methyl sites for hydroxylation is 1. The van der Waals surface area contributed by atoms with Crippen molar-refractivity contribution in [3.63, 3.8) is 0 Å². The quantitative estimate of drug-likeness (QED) is 0.659. The van der Waals surface area contributed by atoms with E-state index in [1.54, 1.807) is 0 Å². The zero-order chi connectivity index (χ0) is 15.2. The fraction of sp³-hybridized carbons (Fsp3) is 0.438. The Labute approximate surface area is 143 Å². The van der Waals surface area contributed by atoms with E-state index in [0.29, 0.717) is 6.04 Å². The van der Waals surface area contributed by atoms with Crippen LogP contribution in [0, 0.1) is 0 Å². The molecular formula is C16H21BrN2S2. The standard InChI is InChI=1S/C16H21BrN2S2/c1-4-14-15(9-18-11(2)3)21-16(19-14)10-20-13-7-5-6-12(17)8-13/h5-8,11,18H,4,9-10H2,1-3H3. The third kappa shape index (κ3) is 5.40. The number of nitrogens with zero attached hydrogens (tertiary/aromatic N) is 1. The highest BCUT2D eigenvalue weighted by Gasteiger charge is 2.10. The van der Waals surface area contributed by atoms with Crippen LogP contribution in [0.2, 0.25) is 0 Å². The van der Waals surface area contributed by atoms with E-state index in [-0.39, 0.29) is 0 Å². The normalized spacial score (nSPS) is 11.3. The minimum atomic E-state index is 0.510. The van der Waals surface area contributed by atoms with Crippen LogP contribution in [0.4, 0.5) is 0 Å². The number of halogens is 1. The zero-order valence-electron chi connectivity index (χ0n) is 12.6. The van der Waals surface area contributed by atoms with Gasteiger partial charge in [0.05, 0.1) is 11.4 Å². The molecule has 0 aliphatic carbocycles. The Morgan fingerprint density at radius 2 is 2.19 bits per heavy atom. The van der Waals surface area contributed by atoms with Crippen LogP contribution < -0.4 is 5.32 Å². The second kappa shape index (κ2) is 8.32. The van der Waals surface area contributed by atoms with Gasteiger partial charge in [-0.15, -0.1) is 23.1 Å². The molecule has 2 aromatic rings. The van der Waals surface area contributed by atoms with Crippen molar-refractivity contribution in [1.82, 2.24) is 10.3 Å². The third-order valence-electron chi connectivity index (χ3n) is 2.99. The first-order chi connectivity index (χ1) is 10.1. The van der Waals surface area contributed by atoms with E-state index in [0.717, 1.165) is 23.2 Å². The van der Waals surface area contributed by atoms with Gasteiger partial charge in [0.25, 0.3) is 0 Å². The van der Waals surface area contributed by atoms with Gasteiger partial charge in [0.2, 0.25) is 0 Å². The van der Waals surface area contributed by atoms with Crippen LogP contribution in [0.3, 0.4) is 0 Å². The molecule has 0 radical (unpaired) electrons. The Balaban J connectivity index is 2.00. The van der Waals surface area contributed by atoms with Crippen LogP contribution in [-0.2, 0) is 18.7 Å². The first-order valence-corrected chi connectivity index (χ1v) is 9.77. The fourth-order valence-corrected chi connectivity index (χ4v) is 4.52. The Morgan fingerprint density at radius 3 is 2.86 bits per heavy atom. The topological polar surface area (TPSA) is 24.9 Å². The van der Waals surface area contributed by atoms with Gasteiger partial charge < -0.3 is 5.32 Å². The summed E-state index contributed by atoms with van der Waals surface area (Å²) >= 11 is 7.20. The first-order valence-electron chi connectivity index (χ1n) is 7.17. The van der Waals surface area contributed by atoms with Crippen LogP contribution in [-0.4, -0.2) is 11.0 Å². The molecule has 0 aliphatic rings. The van der Waals surface area contributed by atoms with Crippen molar-refractivity contribution in [1.29, 1.82) is 0 Å². The molecule has 0 amide bonds. The molecular weight excluding hydrogens is 364 g/mol. The van der Waals surface area contributed by atoms with Crippen molar-refractivity contribution in [3.05, 3.63) is 44.3 Å². The van der Waals surface area contributed by atoms with Crippen LogP contribution in [0.5, 0.6) is 0 Å². The fourth-order valence-electron chi connectivity index (χ4n) is 1.91. The summed E-state index contributed by atoms with van der Waals surface area (Å²) < 4.78 is 1.13. The molecule has 0 bridgehead atoms. The summed E-state index contributed by atoms with van der Waals surface area (Å²) in [5.74, 6) is 0.940. The molecule has 2 nitrogen and oxygen atoms in total. The maximum atomic E-state index is 4.79. The summed E-state index contributed by atoms with van der Waals surface area (Å²) in [6.07, 6.45) is 1.01. The van der Waals surface area contributed by atoms with Gasteiger partial charge in [0.1, 0.15) is 5.01 Å². The van der Waals surface area contributed by atoms with Gasteiger partial charge in [-0.2, -0.15) is 0 Å². The molecule has 0 unspecified atom stereocenters. The smallest absolute Gasteiger partial charge is 0.103 e. The molecule has 0 atom stereocenters. The van der Waals surface area contributed by atoms with Gasteiger partial charge >= 0.3 is 0 Å². The minimum absolute atomic E-state index is 0.510. The summed E-state index contributed by atoms with van der Waals surface area (Å²) in [5.41, 5.74) is 1.25. The van der Waals surface area contributed by atoms with E-state index in [1.165, 1.54) is 20.5 Å². The molecule has 21 heavy (non-hydrogen) atoms. The average molecular weight is 385 g/mol. The molecule has 114 valence electrons. The van der Waals surface area contributed by atoms with Crippen LogP contribution in [0.1, 0.15) is 36.3 Å². The molecule has 0 saturated carbocycles. The van der Waals surface area contributed by atoms with Gasteiger partial charge in [0, 0.05) is 26.8 Å². The van der Waals surface area contributed by atoms with Gasteiger partial charge in [-0.25, -0.2) is 4.98 Å². The predicted molar refractivity (Wildman–Crippen MR) is 97.2 cm³/mol. The maximum absolute atomic E-state index is 4.79. The van der Waals surface area contributed by atoms with Crippen molar-refractivity contribution in [3.8, 4) is 0 Å². The number of hydrogen-bond acceptors (Lipinski definition) is 4. The maximum Gasteiger partial charge on any atom is 0.103 e. The van der Waals surface area contributed by atoms with Crippen LogP contribution >= 0.6 is 39.0 Å². The van der Waals surface area contributed by atoms with Gasteiger partial charge in [-0.3, -0.25) is 0 Å². The second-order valence-electron chi connectivity index (χ2n) is 5.11. The van der Waals surface area contributed by atoms with Gasteiger partial charge in [-0.05, 0) is 24.6 Å². The highest BCUT2D eigenvalue weighted by atomic mass is 79.9. The lowest BCUT2D eigenvalue weighted by molar-refractivity contribution is 0.590. The lowest BCUT2D eigenvalue weighted by Gasteiger charge is -2.06. The molecule has 1 aromatic heterocycles. The van der Waals surface area contributed by atoms with Crippen molar-refractivity contribution in [2.45, 2.75) is 50.4 Å². The molecule has 1 N–H and O–H groups in total. The zero-order valence-corrected chi connectivity index (χ0v) is 15.9. The summed E-state index contributed by atoms with van der Waals surface area (Å²) in [4.78, 5) is 7.45. The number of thioether (sulfide) groups is 1. The molecule has 0 aliphatic heterocycles. The van der Waals surface area contributed by atoms with Gasteiger partial charge in [0.15, 0.2) is 0 Å². The summed E-state index contributed by atoms with van der Waals surface area (Å²) in [6, 6.07) is 8.93. The second-order valence-corrected chi connectivity index (χ2v) is 8.25. The van der Waals surface area contributed by atoms with E-state index >= 15 is 0 Å². The Hall–Kier alpha value is -0.360. The predicted octanol–water partition coefficient (Wildman–Crippen LogP) is 5.26. The summed E-state index contributed by atoms with van der Waals surface area (Å²) in [5, 5.41) is 4.71. The van der Waals surface area contributed by atoms with E-state index < -0.39 is 0 Å². The number of benzene rings is 1. The SMILES string of the molecule is CCc1nc(CSc2cccc(Br)c2)sc1CNC(C)C. The summed E-state index contributed by atoms with van der Waals surface area (Å²) in [6.45, 7) is 7.46. The molecule has 2 rings (SSSR count). The average Bonchev–Trinajstić information content (AvgIpc) is 2.85. The molecule has 1 heterocycles. The summed E-state index contributed by atoms with van der Waals surface area (Å²) in [7, 11) is 0. The van der Waals surface area contributed by atoms with Crippen LogP contribution in [0.25, 0.3) is 0 Å². The van der Waals surface area contributed by atoms with Crippen LogP contribution in [0.15, 0.2) is 33.6 Å². The molecule has 5 heteroatoms. The Morgan fingerprint density at radius 1 is 1.38 bits per heavy atom. The first kappa shape index (κ1) is 17.0. The molecule has 1 aromatic carbocycles. The monoisotopic (exact) mass is 384 g/mol. The number of rotatable bonds is 7. The van der Waals surface area contributed by atoms with E-state index in [2.05, 4.69) is 66.3 Å². The van der Waals surface area contributed by atoms with E-state index in [9.17, 15) is 0 Å². The highest BCUT2D eigenvalue weighted by Crippen LogP contribution is 2.28. The Kier molecular flexibility index (Phi) is 6.74. The van der Waals surface area contributed by atoms with E-state index in [1.807, 2.05) is 23.1 Å². The highest BCUT2D eigenvalue weighted by molar-refractivity contribution is 9.10. The van der Waals surface area contributed by atoms with Crippen molar-refractivity contribution >= 4 is 39.0 Å². The Bertz CT molecular complexity index is 581. The lowest BCUT2D eigenvalue weighted by Crippen LogP contribution is -2.21. The van der Waals surface area contributed by atoms with Crippen molar-refractivity contribution < 1.29 is 0 Å². The number of nitrogens with one attached hydrogen (secondary N) is 1. The largest absolute Gasteiger partial charge is 0.310 e. The molecule has 0 saturated heterocycles.